The van der Waals surface area contributed by atoms with E-state index >= 15 is 0 Å². The maximum Gasteiger partial charge on any atom is 0.0503 e. The van der Waals surface area contributed by atoms with E-state index in [0.717, 1.165) is 25.0 Å². The average Bonchev–Trinajstić information content (AvgIpc) is 3.00. The smallest absolute Gasteiger partial charge is 0.0503 e. The summed E-state index contributed by atoms with van der Waals surface area (Å²) in [5.74, 6) is 1.52. The Labute approximate surface area is 110 Å². The van der Waals surface area contributed by atoms with Gasteiger partial charge in [-0.2, -0.15) is 0 Å². The van der Waals surface area contributed by atoms with Crippen LogP contribution in [0.4, 0.5) is 0 Å². The molecule has 3 heterocycles. The van der Waals surface area contributed by atoms with Crippen molar-refractivity contribution in [1.82, 2.24) is 9.80 Å². The number of nitrogens with zero attached hydrogens (tertiary/aromatic N) is 2. The number of likely N-dealkylation sites (tertiary alicyclic amines) is 1. The highest BCUT2D eigenvalue weighted by atomic mass is 16.5. The molecule has 4 unspecified atom stereocenters. The van der Waals surface area contributed by atoms with E-state index < -0.39 is 0 Å². The number of piperidine rings is 1. The van der Waals surface area contributed by atoms with Gasteiger partial charge in [0, 0.05) is 32.3 Å². The first-order valence-corrected chi connectivity index (χ1v) is 7.45. The number of nitrogens with two attached hydrogens (primary N) is 1. The van der Waals surface area contributed by atoms with Crippen molar-refractivity contribution in [3.05, 3.63) is 0 Å². The summed E-state index contributed by atoms with van der Waals surface area (Å²) in [5, 5.41) is 0. The quantitative estimate of drug-likeness (QED) is 0.786. The number of methoxy groups -OCH3 is 1. The largest absolute Gasteiger partial charge is 0.384 e. The van der Waals surface area contributed by atoms with Crippen LogP contribution >= 0.6 is 0 Å². The van der Waals surface area contributed by atoms with Gasteiger partial charge in [0.15, 0.2) is 0 Å². The number of rotatable bonds is 4. The topological polar surface area (TPSA) is 41.7 Å². The minimum Gasteiger partial charge on any atom is -0.384 e. The Kier molecular flexibility index (Phi) is 3.63. The van der Waals surface area contributed by atoms with Crippen molar-refractivity contribution >= 4 is 0 Å². The Hall–Kier alpha value is -0.160. The van der Waals surface area contributed by atoms with E-state index in [0.29, 0.717) is 5.54 Å². The second-order valence-electron chi connectivity index (χ2n) is 6.40. The molecule has 4 atom stereocenters. The van der Waals surface area contributed by atoms with Gasteiger partial charge in [-0.1, -0.05) is 0 Å². The van der Waals surface area contributed by atoms with Crippen LogP contribution in [0.3, 0.4) is 0 Å². The van der Waals surface area contributed by atoms with E-state index in [1.165, 1.54) is 52.0 Å². The summed E-state index contributed by atoms with van der Waals surface area (Å²) < 4.78 is 5.32. The lowest BCUT2D eigenvalue weighted by Gasteiger charge is -2.49. The van der Waals surface area contributed by atoms with Gasteiger partial charge >= 0.3 is 0 Å². The molecular weight excluding hydrogens is 226 g/mol. The second-order valence-corrected chi connectivity index (χ2v) is 6.40. The molecule has 0 aromatic heterocycles. The van der Waals surface area contributed by atoms with Crippen LogP contribution in [-0.2, 0) is 4.74 Å². The molecule has 3 saturated heterocycles. The first-order chi connectivity index (χ1) is 8.78. The highest BCUT2D eigenvalue weighted by Gasteiger charge is 2.50. The van der Waals surface area contributed by atoms with Crippen LogP contribution in [0.1, 0.15) is 19.3 Å². The molecule has 3 aliphatic rings. The van der Waals surface area contributed by atoms with Crippen molar-refractivity contribution < 1.29 is 4.74 Å². The summed E-state index contributed by atoms with van der Waals surface area (Å²) in [5.41, 5.74) is 6.53. The second kappa shape index (κ2) is 5.08. The van der Waals surface area contributed by atoms with E-state index in [1.807, 2.05) is 7.11 Å². The van der Waals surface area contributed by atoms with Crippen LogP contribution in [0, 0.1) is 11.8 Å². The number of fused-ring (bicyclic) bond motifs is 2. The lowest BCUT2D eigenvalue weighted by Crippen LogP contribution is -2.61. The summed E-state index contributed by atoms with van der Waals surface area (Å²) in [7, 11) is 1.82. The van der Waals surface area contributed by atoms with Crippen LogP contribution < -0.4 is 5.73 Å². The van der Waals surface area contributed by atoms with E-state index in [-0.39, 0.29) is 0 Å². The van der Waals surface area contributed by atoms with Crippen LogP contribution in [0.2, 0.25) is 0 Å². The van der Waals surface area contributed by atoms with Crippen LogP contribution in [0.5, 0.6) is 0 Å². The molecule has 3 aliphatic heterocycles. The Balaban J connectivity index is 1.72. The molecule has 4 nitrogen and oxygen atoms in total. The van der Waals surface area contributed by atoms with Gasteiger partial charge in [0.05, 0.1) is 6.61 Å². The highest BCUT2D eigenvalue weighted by molar-refractivity contribution is 5.06. The van der Waals surface area contributed by atoms with Crippen LogP contribution in [0.15, 0.2) is 0 Å². The predicted octanol–water partition coefficient (Wildman–Crippen LogP) is 0.378. The van der Waals surface area contributed by atoms with Gasteiger partial charge in [-0.3, -0.25) is 4.90 Å². The zero-order valence-electron chi connectivity index (χ0n) is 11.6. The Morgan fingerprint density at radius 3 is 2.89 bits per heavy atom. The van der Waals surface area contributed by atoms with Gasteiger partial charge in [0.2, 0.25) is 0 Å². The van der Waals surface area contributed by atoms with Gasteiger partial charge in [-0.25, -0.2) is 0 Å². The maximum atomic E-state index is 6.23. The van der Waals surface area contributed by atoms with E-state index in [9.17, 15) is 0 Å². The summed E-state index contributed by atoms with van der Waals surface area (Å²) in [6, 6.07) is 0. The lowest BCUT2D eigenvalue weighted by atomic mass is 9.77. The highest BCUT2D eigenvalue weighted by Crippen LogP contribution is 2.41. The fourth-order valence-corrected chi connectivity index (χ4v) is 4.45. The standard InChI is InChI=1S/C14H27N3O/c1-18-10-12-2-6-17(8-12)14(11-15)4-7-16-5-3-13(14)9-16/h12-13H,2-11,15H2,1H3. The molecular formula is C14H27N3O. The van der Waals surface area contributed by atoms with Crippen molar-refractivity contribution in [2.75, 3.05) is 53.0 Å². The minimum atomic E-state index is 0.301. The van der Waals surface area contributed by atoms with E-state index in [4.69, 9.17) is 10.5 Å². The van der Waals surface area contributed by atoms with Gasteiger partial charge < -0.3 is 15.4 Å². The van der Waals surface area contributed by atoms with Gasteiger partial charge in [-0.05, 0) is 50.7 Å². The molecule has 3 rings (SSSR count). The van der Waals surface area contributed by atoms with Crippen LogP contribution in [-0.4, -0.2) is 68.3 Å². The monoisotopic (exact) mass is 253 g/mol. The molecule has 0 aliphatic carbocycles. The molecule has 0 amide bonds. The zero-order valence-corrected chi connectivity index (χ0v) is 11.6. The summed E-state index contributed by atoms with van der Waals surface area (Å²) in [6.07, 6.45) is 3.91. The Morgan fingerprint density at radius 1 is 1.22 bits per heavy atom. The Bertz CT molecular complexity index is 299. The van der Waals surface area contributed by atoms with Crippen molar-refractivity contribution in [3.8, 4) is 0 Å². The molecule has 4 heteroatoms. The van der Waals surface area contributed by atoms with Gasteiger partial charge in [0.25, 0.3) is 0 Å². The third kappa shape index (κ3) is 1.99. The number of hydrogen-bond acceptors (Lipinski definition) is 4. The molecule has 0 saturated carbocycles. The van der Waals surface area contributed by atoms with Crippen molar-refractivity contribution in [2.24, 2.45) is 17.6 Å². The van der Waals surface area contributed by atoms with Crippen molar-refractivity contribution in [3.63, 3.8) is 0 Å². The molecule has 0 radical (unpaired) electrons. The van der Waals surface area contributed by atoms with E-state index in [1.54, 1.807) is 0 Å². The minimum absolute atomic E-state index is 0.301. The lowest BCUT2D eigenvalue weighted by molar-refractivity contribution is 0.0193. The summed E-state index contributed by atoms with van der Waals surface area (Å²) >= 11 is 0. The maximum absolute atomic E-state index is 6.23. The van der Waals surface area contributed by atoms with Gasteiger partial charge in [0.1, 0.15) is 0 Å². The fourth-order valence-electron chi connectivity index (χ4n) is 4.45. The number of ether oxygens (including phenoxy) is 1. The molecule has 104 valence electrons. The molecule has 2 bridgehead atoms. The first kappa shape index (κ1) is 12.9. The zero-order chi connectivity index (χ0) is 12.6. The molecule has 0 aromatic rings. The predicted molar refractivity (Wildman–Crippen MR) is 72.5 cm³/mol. The first-order valence-electron chi connectivity index (χ1n) is 7.45. The summed E-state index contributed by atoms with van der Waals surface area (Å²) in [4.78, 5) is 5.32. The average molecular weight is 253 g/mol. The third-order valence-electron chi connectivity index (χ3n) is 5.56. The Morgan fingerprint density at radius 2 is 2.11 bits per heavy atom. The molecule has 0 spiro atoms. The normalized spacial score (nSPS) is 44.7. The molecule has 18 heavy (non-hydrogen) atoms. The summed E-state index contributed by atoms with van der Waals surface area (Å²) in [6.45, 7) is 7.99. The molecule has 2 N–H and O–H groups in total. The van der Waals surface area contributed by atoms with Crippen LogP contribution in [0.25, 0.3) is 0 Å². The SMILES string of the molecule is COCC1CCN(C2(CN)CCN3CCC2C3)C1. The van der Waals surface area contributed by atoms with E-state index in [2.05, 4.69) is 9.80 Å². The molecule has 0 aromatic carbocycles. The molecule has 3 fully saturated rings. The number of hydrogen-bond donors (Lipinski definition) is 1. The third-order valence-corrected chi connectivity index (χ3v) is 5.56. The van der Waals surface area contributed by atoms with Gasteiger partial charge in [-0.15, -0.1) is 0 Å². The van der Waals surface area contributed by atoms with Crippen molar-refractivity contribution in [1.29, 1.82) is 0 Å². The fraction of sp³-hybridized carbons (Fsp3) is 1.00. The van der Waals surface area contributed by atoms with Crippen molar-refractivity contribution in [2.45, 2.75) is 24.8 Å².